The third-order valence-electron chi connectivity index (χ3n) is 8.91. The molecule has 4 atom stereocenters. The van der Waals surface area contributed by atoms with Crippen molar-refractivity contribution in [3.05, 3.63) is 59.2 Å². The molecule has 4 rings (SSSR count). The van der Waals surface area contributed by atoms with Gasteiger partial charge in [-0.3, -0.25) is 9.69 Å². The van der Waals surface area contributed by atoms with Gasteiger partial charge in [-0.05, 0) is 91.9 Å². The van der Waals surface area contributed by atoms with Gasteiger partial charge in [0.1, 0.15) is 23.1 Å². The van der Waals surface area contributed by atoms with Crippen LogP contribution in [0.25, 0.3) is 0 Å². The molecule has 3 N–H and O–H groups in total. The van der Waals surface area contributed by atoms with Gasteiger partial charge < -0.3 is 25.2 Å². The lowest BCUT2D eigenvalue weighted by molar-refractivity contribution is -0.128. The lowest BCUT2D eigenvalue weighted by atomic mass is 9.68. The maximum absolute atomic E-state index is 13.8. The van der Waals surface area contributed by atoms with Gasteiger partial charge in [0.25, 0.3) is 0 Å². The number of likely N-dealkylation sites (tertiary alicyclic amines) is 1. The fourth-order valence-electron chi connectivity index (χ4n) is 6.07. The van der Waals surface area contributed by atoms with Crippen LogP contribution in [0.1, 0.15) is 71.6 Å². The van der Waals surface area contributed by atoms with E-state index in [0.29, 0.717) is 24.6 Å². The molecule has 0 saturated carbocycles. The average Bonchev–Trinajstić information content (AvgIpc) is 2.88. The summed E-state index contributed by atoms with van der Waals surface area (Å²) in [7, 11) is 0. The molecule has 41 heavy (non-hydrogen) atoms. The molecule has 1 saturated heterocycles. The lowest BCUT2D eigenvalue weighted by Gasteiger charge is -2.46. The van der Waals surface area contributed by atoms with Crippen LogP contribution < -0.4 is 5.32 Å². The number of phenols is 2. The Balaban J connectivity index is 1.47. The van der Waals surface area contributed by atoms with E-state index in [9.17, 15) is 19.8 Å². The van der Waals surface area contributed by atoms with E-state index in [-0.39, 0.29) is 35.6 Å². The predicted octanol–water partition coefficient (Wildman–Crippen LogP) is 5.20. The minimum absolute atomic E-state index is 0.0380. The molecule has 0 bridgehead atoms. The minimum Gasteiger partial charge on any atom is -0.508 e. The van der Waals surface area contributed by atoms with Gasteiger partial charge in [-0.25, -0.2) is 4.79 Å². The Hall–Kier alpha value is -3.26. The third-order valence-corrected chi connectivity index (χ3v) is 8.91. The van der Waals surface area contributed by atoms with Gasteiger partial charge in [0.15, 0.2) is 0 Å². The number of nitrogens with zero attached hydrogens (tertiary/aromatic N) is 2. The van der Waals surface area contributed by atoms with E-state index in [1.165, 1.54) is 4.90 Å². The van der Waals surface area contributed by atoms with Crippen LogP contribution in [-0.2, 0) is 27.9 Å². The van der Waals surface area contributed by atoms with Gasteiger partial charge in [-0.15, -0.1) is 0 Å². The van der Waals surface area contributed by atoms with Crippen molar-refractivity contribution in [2.24, 2.45) is 11.8 Å². The molecule has 2 amide bonds. The summed E-state index contributed by atoms with van der Waals surface area (Å²) in [6.07, 6.45) is 0.771. The van der Waals surface area contributed by atoms with Crippen molar-refractivity contribution in [1.82, 2.24) is 15.1 Å². The number of hydrogen-bond acceptors (Lipinski definition) is 6. The Bertz CT molecular complexity index is 1260. The Morgan fingerprint density at radius 1 is 1.15 bits per heavy atom. The van der Waals surface area contributed by atoms with E-state index in [0.717, 1.165) is 36.2 Å². The third kappa shape index (κ3) is 7.15. The minimum atomic E-state index is -0.711. The first-order valence-corrected chi connectivity index (χ1v) is 14.8. The molecule has 0 spiro atoms. The largest absolute Gasteiger partial charge is 0.508 e. The van der Waals surface area contributed by atoms with Crippen molar-refractivity contribution < 1.29 is 24.5 Å². The Morgan fingerprint density at radius 2 is 1.85 bits per heavy atom. The number of benzene rings is 2. The molecular formula is C33H47N3O5. The summed E-state index contributed by atoms with van der Waals surface area (Å²) in [5.41, 5.74) is 2.18. The van der Waals surface area contributed by atoms with E-state index < -0.39 is 17.7 Å². The highest BCUT2D eigenvalue weighted by Gasteiger charge is 2.41. The molecule has 2 aromatic carbocycles. The summed E-state index contributed by atoms with van der Waals surface area (Å²) in [5, 5.41) is 23.3. The number of carbonyl (C=O) groups excluding carboxylic acids is 2. The summed E-state index contributed by atoms with van der Waals surface area (Å²) in [5.74, 6) is 0.782. The van der Waals surface area contributed by atoms with Crippen LogP contribution in [0.5, 0.6) is 11.5 Å². The van der Waals surface area contributed by atoms with Crippen LogP contribution in [0, 0.1) is 11.8 Å². The van der Waals surface area contributed by atoms with Crippen LogP contribution in [0.2, 0.25) is 0 Å². The SMILES string of the molecule is CC(C)[C@@H](CN1CC[C@@](C)(c2cccc(O)c2)[C@@H](C)C1)N[14C](=O)[C@H]1Cc2ccc(O)cc2CN1C(=O)OC(C)(C)C. The highest BCUT2D eigenvalue weighted by Crippen LogP contribution is 2.40. The van der Waals surface area contributed by atoms with E-state index in [1.54, 1.807) is 18.2 Å². The standard InChI is InChI=1S/C33H47N3O5/c1-21(2)28(20-35-14-13-33(7,22(3)18-35)25-9-8-10-26(37)17-25)34-30(39)29-16-23-11-12-27(38)15-24(23)19-36(29)31(40)41-32(4,5)6/h8-12,15,17,21-22,28-29,37-38H,13-14,16,18-20H2,1-7H3,(H,34,39)/t22-,28+,29+,33+/m0/s1/i30+2. The van der Waals surface area contributed by atoms with Gasteiger partial charge in [0.2, 0.25) is 5.91 Å². The molecule has 0 radical (unpaired) electrons. The van der Waals surface area contributed by atoms with E-state index >= 15 is 0 Å². The number of phenolic OH excluding ortho intramolecular Hbond substituents is 2. The summed E-state index contributed by atoms with van der Waals surface area (Å²) in [4.78, 5) is 31.0. The second-order valence-electron chi connectivity index (χ2n) is 13.5. The van der Waals surface area contributed by atoms with Crippen molar-refractivity contribution in [2.75, 3.05) is 19.6 Å². The first kappa shape index (κ1) is 30.7. The molecule has 2 aliphatic rings. The monoisotopic (exact) mass is 567 g/mol. The number of hydrogen-bond donors (Lipinski definition) is 3. The molecule has 2 heterocycles. The lowest BCUT2D eigenvalue weighted by Crippen LogP contribution is -2.58. The highest BCUT2D eigenvalue weighted by atomic mass is 16.6. The smallest absolute Gasteiger partial charge is 0.411 e. The number of fused-ring (bicyclic) bond motifs is 1. The number of aromatic hydroxyl groups is 2. The predicted molar refractivity (Wildman–Crippen MR) is 160 cm³/mol. The first-order valence-electron chi connectivity index (χ1n) is 14.8. The highest BCUT2D eigenvalue weighted by molar-refractivity contribution is 5.87. The van der Waals surface area contributed by atoms with Crippen molar-refractivity contribution >= 4 is 12.0 Å². The summed E-state index contributed by atoms with van der Waals surface area (Å²) in [6, 6.07) is 11.9. The number of ether oxygens (including phenoxy) is 1. The van der Waals surface area contributed by atoms with Crippen LogP contribution in [0.15, 0.2) is 42.5 Å². The van der Waals surface area contributed by atoms with Gasteiger partial charge in [0, 0.05) is 25.6 Å². The molecule has 0 unspecified atom stereocenters. The second kappa shape index (κ2) is 11.9. The zero-order valence-electron chi connectivity index (χ0n) is 25.6. The van der Waals surface area contributed by atoms with Crippen molar-refractivity contribution in [3.63, 3.8) is 0 Å². The summed E-state index contributed by atoms with van der Waals surface area (Å²) in [6.45, 7) is 16.9. The fraction of sp³-hybridized carbons (Fsp3) is 0.576. The number of carbonyl (C=O) groups is 2. The molecule has 8 heteroatoms. The molecule has 0 aromatic heterocycles. The van der Waals surface area contributed by atoms with Crippen LogP contribution >= 0.6 is 0 Å². The summed E-state index contributed by atoms with van der Waals surface area (Å²) < 4.78 is 5.67. The van der Waals surface area contributed by atoms with Crippen LogP contribution in [0.4, 0.5) is 4.79 Å². The molecule has 1 fully saturated rings. The first-order chi connectivity index (χ1) is 19.2. The Morgan fingerprint density at radius 3 is 2.49 bits per heavy atom. The van der Waals surface area contributed by atoms with Crippen molar-refractivity contribution in [2.45, 2.75) is 91.0 Å². The summed E-state index contributed by atoms with van der Waals surface area (Å²) >= 11 is 0. The number of rotatable bonds is 6. The van der Waals surface area contributed by atoms with E-state index in [2.05, 4.69) is 44.0 Å². The maximum Gasteiger partial charge on any atom is 0.411 e. The topological polar surface area (TPSA) is 102 Å². The Labute approximate surface area is 244 Å². The van der Waals surface area contributed by atoms with Gasteiger partial charge in [-0.2, -0.15) is 0 Å². The average molecular weight is 568 g/mol. The van der Waals surface area contributed by atoms with Crippen LogP contribution in [0.3, 0.4) is 0 Å². The molecule has 224 valence electrons. The maximum atomic E-state index is 13.8. The van der Waals surface area contributed by atoms with E-state index in [4.69, 9.17) is 4.74 Å². The molecule has 2 aliphatic heterocycles. The zero-order valence-corrected chi connectivity index (χ0v) is 25.6. The normalized spacial score (nSPS) is 24.0. The zero-order chi connectivity index (χ0) is 30.1. The van der Waals surface area contributed by atoms with Crippen molar-refractivity contribution in [3.8, 4) is 11.5 Å². The van der Waals surface area contributed by atoms with Crippen LogP contribution in [-0.4, -0.2) is 69.3 Å². The fourth-order valence-corrected chi connectivity index (χ4v) is 6.07. The molecule has 0 aliphatic carbocycles. The quantitative estimate of drug-likeness (QED) is 0.444. The van der Waals surface area contributed by atoms with Gasteiger partial charge in [0.05, 0.1) is 6.54 Å². The molecule has 2 aromatic rings. The molecule has 8 nitrogen and oxygen atoms in total. The number of piperidine rings is 1. The number of nitrogens with one attached hydrogen (secondary N) is 1. The number of amides is 2. The second-order valence-corrected chi connectivity index (χ2v) is 13.5. The van der Waals surface area contributed by atoms with E-state index in [1.807, 2.05) is 39.0 Å². The van der Waals surface area contributed by atoms with Gasteiger partial charge in [-0.1, -0.05) is 45.9 Å². The Kier molecular flexibility index (Phi) is 8.93. The molecular weight excluding hydrogens is 520 g/mol. The van der Waals surface area contributed by atoms with Crippen molar-refractivity contribution in [1.29, 1.82) is 0 Å². The van der Waals surface area contributed by atoms with Gasteiger partial charge >= 0.3 is 6.09 Å².